The number of nitrogens with zero attached hydrogens (tertiary/aromatic N) is 1. The number of carbonyl (C=O) groups is 1. The van der Waals surface area contributed by atoms with Crippen LogP contribution < -0.4 is 5.32 Å². The van der Waals surface area contributed by atoms with Crippen LogP contribution in [-0.2, 0) is 4.79 Å². The molecule has 2 aliphatic rings. The van der Waals surface area contributed by atoms with Crippen molar-refractivity contribution in [2.75, 3.05) is 6.54 Å². The van der Waals surface area contributed by atoms with Crippen molar-refractivity contribution in [3.8, 4) is 0 Å². The van der Waals surface area contributed by atoms with Crippen molar-refractivity contribution >= 4 is 5.91 Å². The fraction of sp³-hybridized carbons (Fsp3) is 0.941. The van der Waals surface area contributed by atoms with E-state index in [4.69, 9.17) is 0 Å². The molecule has 1 atom stereocenters. The molecule has 1 N–H and O–H groups in total. The predicted molar refractivity (Wildman–Crippen MR) is 83.3 cm³/mol. The van der Waals surface area contributed by atoms with Crippen LogP contribution in [-0.4, -0.2) is 29.1 Å². The van der Waals surface area contributed by atoms with Gasteiger partial charge in [0.25, 0.3) is 0 Å². The van der Waals surface area contributed by atoms with Gasteiger partial charge in [-0.25, -0.2) is 0 Å². The highest BCUT2D eigenvalue weighted by Crippen LogP contribution is 2.38. The third kappa shape index (κ3) is 2.74. The minimum absolute atomic E-state index is 0.209. The summed E-state index contributed by atoms with van der Waals surface area (Å²) in [6.07, 6.45) is 5.72. The number of hydrogen-bond donors (Lipinski definition) is 1. The topological polar surface area (TPSA) is 32.3 Å². The average Bonchev–Trinajstić information content (AvgIpc) is 2.95. The van der Waals surface area contributed by atoms with Crippen molar-refractivity contribution in [1.82, 2.24) is 10.2 Å². The zero-order valence-electron chi connectivity index (χ0n) is 13.9. The second-order valence-corrected chi connectivity index (χ2v) is 7.47. The number of carbonyl (C=O) groups excluding carboxylic acids is 1. The van der Waals surface area contributed by atoms with E-state index in [0.29, 0.717) is 23.7 Å². The largest absolute Gasteiger partial charge is 0.325 e. The van der Waals surface area contributed by atoms with Gasteiger partial charge in [0.1, 0.15) is 0 Å². The first kappa shape index (κ1) is 15.8. The van der Waals surface area contributed by atoms with E-state index in [-0.39, 0.29) is 11.7 Å². The van der Waals surface area contributed by atoms with E-state index in [1.54, 1.807) is 0 Å². The van der Waals surface area contributed by atoms with E-state index in [2.05, 4.69) is 44.8 Å². The number of rotatable bonds is 5. The first-order valence-corrected chi connectivity index (χ1v) is 8.50. The summed E-state index contributed by atoms with van der Waals surface area (Å²) < 4.78 is 0. The average molecular weight is 280 g/mol. The SMILES string of the molecule is CCC1NC2(CCCC2)C(=O)N1CC(C(C)C)C(C)C. The van der Waals surface area contributed by atoms with Gasteiger partial charge in [-0.05, 0) is 37.0 Å². The molecule has 1 saturated heterocycles. The Balaban J connectivity index is 2.14. The lowest BCUT2D eigenvalue weighted by Gasteiger charge is -2.32. The number of hydrogen-bond acceptors (Lipinski definition) is 2. The fourth-order valence-corrected chi connectivity index (χ4v) is 4.16. The summed E-state index contributed by atoms with van der Waals surface area (Å²) in [4.78, 5) is 15.1. The quantitative estimate of drug-likeness (QED) is 0.837. The lowest BCUT2D eigenvalue weighted by Crippen LogP contribution is -2.45. The van der Waals surface area contributed by atoms with Gasteiger partial charge in [-0.3, -0.25) is 10.1 Å². The molecule has 1 heterocycles. The van der Waals surface area contributed by atoms with Gasteiger partial charge in [0, 0.05) is 6.54 Å². The molecule has 1 saturated carbocycles. The Bertz CT molecular complexity index is 337. The van der Waals surface area contributed by atoms with E-state index in [0.717, 1.165) is 25.8 Å². The lowest BCUT2D eigenvalue weighted by molar-refractivity contribution is -0.134. The molecule has 0 aromatic rings. The molecular weight excluding hydrogens is 248 g/mol. The first-order valence-electron chi connectivity index (χ1n) is 8.50. The van der Waals surface area contributed by atoms with Crippen LogP contribution in [0, 0.1) is 17.8 Å². The van der Waals surface area contributed by atoms with Crippen LogP contribution in [0.1, 0.15) is 66.7 Å². The van der Waals surface area contributed by atoms with E-state index < -0.39 is 0 Å². The van der Waals surface area contributed by atoms with E-state index in [1.807, 2.05) is 0 Å². The van der Waals surface area contributed by atoms with E-state index in [1.165, 1.54) is 12.8 Å². The Morgan fingerprint density at radius 2 is 1.75 bits per heavy atom. The standard InChI is InChI=1S/C17H32N2O/c1-6-15-18-17(9-7-8-10-17)16(20)19(15)11-14(12(2)3)13(4)5/h12-15,18H,6-11H2,1-5H3. The minimum Gasteiger partial charge on any atom is -0.325 e. The Labute approximate surface area is 124 Å². The summed E-state index contributed by atoms with van der Waals surface area (Å²) in [6.45, 7) is 12.2. The first-order chi connectivity index (χ1) is 9.41. The number of nitrogens with one attached hydrogen (secondary N) is 1. The van der Waals surface area contributed by atoms with Crippen molar-refractivity contribution in [3.05, 3.63) is 0 Å². The lowest BCUT2D eigenvalue weighted by atomic mass is 9.85. The molecule has 116 valence electrons. The second-order valence-electron chi connectivity index (χ2n) is 7.47. The van der Waals surface area contributed by atoms with Crippen LogP contribution in [0.5, 0.6) is 0 Å². The normalized spacial score (nSPS) is 25.9. The maximum absolute atomic E-state index is 12.9. The van der Waals surface area contributed by atoms with Crippen molar-refractivity contribution in [2.45, 2.75) is 78.4 Å². The molecule has 0 aromatic heterocycles. The van der Waals surface area contributed by atoms with Gasteiger partial charge >= 0.3 is 0 Å². The summed E-state index contributed by atoms with van der Waals surface area (Å²) >= 11 is 0. The van der Waals surface area contributed by atoms with Crippen LogP contribution in [0.3, 0.4) is 0 Å². The fourth-order valence-electron chi connectivity index (χ4n) is 4.16. The van der Waals surface area contributed by atoms with Crippen LogP contribution >= 0.6 is 0 Å². The minimum atomic E-state index is -0.209. The van der Waals surface area contributed by atoms with Gasteiger partial charge in [0.15, 0.2) is 0 Å². The third-order valence-corrected chi connectivity index (χ3v) is 5.45. The van der Waals surface area contributed by atoms with Crippen LogP contribution in [0.4, 0.5) is 0 Å². The summed E-state index contributed by atoms with van der Waals surface area (Å²) in [6, 6.07) is 0. The molecule has 0 radical (unpaired) electrons. The Hall–Kier alpha value is -0.570. The maximum atomic E-state index is 12.9. The van der Waals surface area contributed by atoms with Crippen LogP contribution in [0.15, 0.2) is 0 Å². The zero-order chi connectivity index (χ0) is 14.9. The highest BCUT2D eigenvalue weighted by molar-refractivity contribution is 5.89. The van der Waals surface area contributed by atoms with Crippen LogP contribution in [0.2, 0.25) is 0 Å². The monoisotopic (exact) mass is 280 g/mol. The molecule has 2 rings (SSSR count). The molecule has 3 nitrogen and oxygen atoms in total. The molecular formula is C17H32N2O. The van der Waals surface area contributed by atoms with Crippen molar-refractivity contribution in [2.24, 2.45) is 17.8 Å². The summed E-state index contributed by atoms with van der Waals surface area (Å²) in [5.74, 6) is 2.22. The van der Waals surface area contributed by atoms with Crippen molar-refractivity contribution in [3.63, 3.8) is 0 Å². The Morgan fingerprint density at radius 3 is 2.20 bits per heavy atom. The molecule has 1 amide bonds. The second kappa shape index (κ2) is 6.05. The van der Waals surface area contributed by atoms with Crippen LogP contribution in [0.25, 0.3) is 0 Å². The summed E-state index contributed by atoms with van der Waals surface area (Å²) in [5.41, 5.74) is -0.209. The van der Waals surface area contributed by atoms with Crippen molar-refractivity contribution < 1.29 is 4.79 Å². The summed E-state index contributed by atoms with van der Waals surface area (Å²) in [7, 11) is 0. The van der Waals surface area contributed by atoms with E-state index >= 15 is 0 Å². The van der Waals surface area contributed by atoms with Crippen molar-refractivity contribution in [1.29, 1.82) is 0 Å². The zero-order valence-corrected chi connectivity index (χ0v) is 13.9. The smallest absolute Gasteiger partial charge is 0.244 e. The molecule has 1 unspecified atom stereocenters. The summed E-state index contributed by atoms with van der Waals surface area (Å²) in [5, 5.41) is 3.68. The predicted octanol–water partition coefficient (Wildman–Crippen LogP) is 3.40. The van der Waals surface area contributed by atoms with Gasteiger partial charge in [-0.15, -0.1) is 0 Å². The number of amides is 1. The molecule has 2 fully saturated rings. The van der Waals surface area contributed by atoms with Gasteiger partial charge in [0.05, 0.1) is 11.7 Å². The van der Waals surface area contributed by atoms with Gasteiger partial charge < -0.3 is 4.90 Å². The highest BCUT2D eigenvalue weighted by Gasteiger charge is 2.52. The van der Waals surface area contributed by atoms with Gasteiger partial charge in [-0.1, -0.05) is 47.5 Å². The molecule has 1 aliphatic heterocycles. The van der Waals surface area contributed by atoms with Gasteiger partial charge in [0.2, 0.25) is 5.91 Å². The van der Waals surface area contributed by atoms with E-state index in [9.17, 15) is 4.79 Å². The highest BCUT2D eigenvalue weighted by atomic mass is 16.2. The molecule has 3 heteroatoms. The third-order valence-electron chi connectivity index (χ3n) is 5.45. The molecule has 1 aliphatic carbocycles. The maximum Gasteiger partial charge on any atom is 0.244 e. The Kier molecular flexibility index (Phi) is 4.78. The Morgan fingerprint density at radius 1 is 1.20 bits per heavy atom. The molecule has 20 heavy (non-hydrogen) atoms. The molecule has 0 bridgehead atoms. The van der Waals surface area contributed by atoms with Gasteiger partial charge in [-0.2, -0.15) is 0 Å². The molecule has 0 aromatic carbocycles. The molecule has 1 spiro atoms.